The molecule has 0 atom stereocenters. The zero-order valence-corrected chi connectivity index (χ0v) is 12.9. The van der Waals surface area contributed by atoms with Gasteiger partial charge in [0.05, 0.1) is 15.7 Å². The van der Waals surface area contributed by atoms with Gasteiger partial charge in [0, 0.05) is 30.1 Å². The summed E-state index contributed by atoms with van der Waals surface area (Å²) in [6.45, 7) is 1.98. The van der Waals surface area contributed by atoms with E-state index in [1.165, 1.54) is 0 Å². The predicted octanol–water partition coefficient (Wildman–Crippen LogP) is 4.68. The molecule has 0 aliphatic heterocycles. The van der Waals surface area contributed by atoms with E-state index in [1.54, 1.807) is 18.5 Å². The maximum Gasteiger partial charge on any atom is 0.111 e. The number of nitrogens with zero attached hydrogens (tertiary/aromatic N) is 2. The quantitative estimate of drug-likeness (QED) is 0.762. The van der Waals surface area contributed by atoms with Crippen LogP contribution in [0.5, 0.6) is 0 Å². The average molecular weight is 318 g/mol. The molecule has 0 fully saturated rings. The van der Waals surface area contributed by atoms with E-state index in [0.29, 0.717) is 10.0 Å². The Kier molecular flexibility index (Phi) is 3.95. The summed E-state index contributed by atoms with van der Waals surface area (Å²) in [5.41, 5.74) is 3.82. The van der Waals surface area contributed by atoms with Crippen molar-refractivity contribution in [2.75, 3.05) is 0 Å². The summed E-state index contributed by atoms with van der Waals surface area (Å²) in [4.78, 5) is 12.0. The maximum absolute atomic E-state index is 6.28. The number of benzene rings is 1. The highest BCUT2D eigenvalue weighted by atomic mass is 35.5. The average Bonchev–Trinajstić information content (AvgIpc) is 2.83. The molecule has 1 aromatic carbocycles. The Morgan fingerprint density at radius 2 is 1.86 bits per heavy atom. The fourth-order valence-electron chi connectivity index (χ4n) is 2.25. The second-order valence-electron chi connectivity index (χ2n) is 4.79. The highest BCUT2D eigenvalue weighted by Crippen LogP contribution is 2.34. The molecule has 21 heavy (non-hydrogen) atoms. The van der Waals surface area contributed by atoms with Gasteiger partial charge in [-0.3, -0.25) is 4.98 Å². The van der Waals surface area contributed by atoms with Crippen molar-refractivity contribution in [1.29, 1.82) is 0 Å². The number of halogens is 2. The van der Waals surface area contributed by atoms with Gasteiger partial charge in [-0.25, -0.2) is 4.98 Å². The molecule has 0 unspecified atom stereocenters. The first kappa shape index (κ1) is 14.1. The number of aromatic amines is 1. The Labute approximate surface area is 133 Å². The van der Waals surface area contributed by atoms with Crippen molar-refractivity contribution in [3.8, 4) is 11.3 Å². The smallest absolute Gasteiger partial charge is 0.111 e. The molecule has 0 saturated heterocycles. The van der Waals surface area contributed by atoms with E-state index in [9.17, 15) is 0 Å². The van der Waals surface area contributed by atoms with Crippen LogP contribution in [-0.2, 0) is 6.42 Å². The standard InChI is InChI=1S/C16H13Cl2N3/c1-10-16(12-3-2-4-13(17)15(12)18)21-14(20-10)9-11-5-7-19-8-6-11/h2-8H,9H2,1H3,(H,20,21). The van der Waals surface area contributed by atoms with Crippen LogP contribution in [0, 0.1) is 6.92 Å². The first-order valence-electron chi connectivity index (χ1n) is 6.54. The van der Waals surface area contributed by atoms with E-state index >= 15 is 0 Å². The number of hydrogen-bond donors (Lipinski definition) is 1. The molecule has 5 heteroatoms. The van der Waals surface area contributed by atoms with Crippen molar-refractivity contribution in [2.45, 2.75) is 13.3 Å². The van der Waals surface area contributed by atoms with Crippen LogP contribution in [0.25, 0.3) is 11.3 Å². The lowest BCUT2D eigenvalue weighted by Gasteiger charge is -2.03. The van der Waals surface area contributed by atoms with Crippen molar-refractivity contribution in [1.82, 2.24) is 15.0 Å². The Bertz CT molecular complexity index is 766. The summed E-state index contributed by atoms with van der Waals surface area (Å²) in [5.74, 6) is 0.893. The molecule has 1 N–H and O–H groups in total. The Balaban J connectivity index is 1.97. The SMILES string of the molecule is Cc1[nH]c(Cc2ccncc2)nc1-c1cccc(Cl)c1Cl. The number of imidazole rings is 1. The number of pyridine rings is 1. The zero-order chi connectivity index (χ0) is 14.8. The van der Waals surface area contributed by atoms with Crippen LogP contribution in [0.3, 0.4) is 0 Å². The van der Waals surface area contributed by atoms with Gasteiger partial charge in [-0.05, 0) is 30.7 Å². The lowest BCUT2D eigenvalue weighted by Crippen LogP contribution is -1.91. The Morgan fingerprint density at radius 3 is 2.62 bits per heavy atom. The molecule has 2 heterocycles. The minimum atomic E-state index is 0.532. The van der Waals surface area contributed by atoms with Gasteiger partial charge in [-0.15, -0.1) is 0 Å². The number of hydrogen-bond acceptors (Lipinski definition) is 2. The molecule has 3 nitrogen and oxygen atoms in total. The largest absolute Gasteiger partial charge is 0.345 e. The van der Waals surface area contributed by atoms with Gasteiger partial charge in [-0.1, -0.05) is 35.3 Å². The van der Waals surface area contributed by atoms with Gasteiger partial charge in [0.15, 0.2) is 0 Å². The van der Waals surface area contributed by atoms with Gasteiger partial charge < -0.3 is 4.98 Å². The van der Waals surface area contributed by atoms with Crippen LogP contribution in [0.1, 0.15) is 17.1 Å². The summed E-state index contributed by atoms with van der Waals surface area (Å²) < 4.78 is 0. The van der Waals surface area contributed by atoms with Crippen LogP contribution in [0.4, 0.5) is 0 Å². The van der Waals surface area contributed by atoms with Gasteiger partial charge in [0.1, 0.15) is 5.82 Å². The van der Waals surface area contributed by atoms with Gasteiger partial charge in [0.2, 0.25) is 0 Å². The molecular formula is C16H13Cl2N3. The molecule has 0 saturated carbocycles. The van der Waals surface area contributed by atoms with E-state index in [2.05, 4.69) is 15.0 Å². The molecule has 0 radical (unpaired) electrons. The minimum Gasteiger partial charge on any atom is -0.345 e. The number of rotatable bonds is 3. The second-order valence-corrected chi connectivity index (χ2v) is 5.58. The topological polar surface area (TPSA) is 41.6 Å². The minimum absolute atomic E-state index is 0.532. The highest BCUT2D eigenvalue weighted by molar-refractivity contribution is 6.43. The molecule has 0 spiro atoms. The van der Waals surface area contributed by atoms with Crippen LogP contribution >= 0.6 is 23.2 Å². The van der Waals surface area contributed by atoms with Crippen molar-refractivity contribution < 1.29 is 0 Å². The van der Waals surface area contributed by atoms with Crippen molar-refractivity contribution in [3.63, 3.8) is 0 Å². The lowest BCUT2D eigenvalue weighted by molar-refractivity contribution is 1.01. The lowest BCUT2D eigenvalue weighted by atomic mass is 10.1. The van der Waals surface area contributed by atoms with Crippen molar-refractivity contribution in [2.24, 2.45) is 0 Å². The summed E-state index contributed by atoms with van der Waals surface area (Å²) in [6, 6.07) is 9.52. The Morgan fingerprint density at radius 1 is 1.10 bits per heavy atom. The molecular weight excluding hydrogens is 305 g/mol. The number of aromatic nitrogens is 3. The first-order valence-corrected chi connectivity index (χ1v) is 7.29. The molecule has 3 rings (SSSR count). The third-order valence-electron chi connectivity index (χ3n) is 3.26. The van der Waals surface area contributed by atoms with E-state index < -0.39 is 0 Å². The fraction of sp³-hybridized carbons (Fsp3) is 0.125. The molecule has 0 amide bonds. The monoisotopic (exact) mass is 317 g/mol. The van der Waals surface area contributed by atoms with Crippen LogP contribution < -0.4 is 0 Å². The first-order chi connectivity index (χ1) is 10.1. The predicted molar refractivity (Wildman–Crippen MR) is 85.8 cm³/mol. The van der Waals surface area contributed by atoms with Gasteiger partial charge in [-0.2, -0.15) is 0 Å². The summed E-state index contributed by atoms with van der Waals surface area (Å²) in [5, 5.41) is 1.07. The number of aryl methyl sites for hydroxylation is 1. The second kappa shape index (κ2) is 5.88. The molecule has 0 aliphatic carbocycles. The maximum atomic E-state index is 6.28. The molecule has 0 aliphatic rings. The van der Waals surface area contributed by atoms with Gasteiger partial charge in [0.25, 0.3) is 0 Å². The van der Waals surface area contributed by atoms with E-state index in [0.717, 1.165) is 34.8 Å². The zero-order valence-electron chi connectivity index (χ0n) is 11.4. The van der Waals surface area contributed by atoms with Crippen LogP contribution in [0.2, 0.25) is 10.0 Å². The summed E-state index contributed by atoms with van der Waals surface area (Å²) >= 11 is 12.4. The summed E-state index contributed by atoms with van der Waals surface area (Å²) in [7, 11) is 0. The molecule has 2 aromatic heterocycles. The number of H-pyrrole nitrogens is 1. The van der Waals surface area contributed by atoms with E-state index in [4.69, 9.17) is 23.2 Å². The Hall–Kier alpha value is -1.84. The van der Waals surface area contributed by atoms with Crippen LogP contribution in [0.15, 0.2) is 42.7 Å². The van der Waals surface area contributed by atoms with Gasteiger partial charge >= 0.3 is 0 Å². The van der Waals surface area contributed by atoms with Crippen LogP contribution in [-0.4, -0.2) is 15.0 Å². The van der Waals surface area contributed by atoms with Crippen molar-refractivity contribution >= 4 is 23.2 Å². The fourth-order valence-corrected chi connectivity index (χ4v) is 2.64. The molecule has 3 aromatic rings. The molecule has 106 valence electrons. The third kappa shape index (κ3) is 2.94. The van der Waals surface area contributed by atoms with Crippen molar-refractivity contribution in [3.05, 3.63) is 69.9 Å². The van der Waals surface area contributed by atoms with E-state index in [1.807, 2.05) is 31.2 Å². The molecule has 0 bridgehead atoms. The van der Waals surface area contributed by atoms with E-state index in [-0.39, 0.29) is 0 Å². The normalized spacial score (nSPS) is 10.8. The highest BCUT2D eigenvalue weighted by Gasteiger charge is 2.14. The number of nitrogens with one attached hydrogen (secondary N) is 1. The third-order valence-corrected chi connectivity index (χ3v) is 4.08. The summed E-state index contributed by atoms with van der Waals surface area (Å²) in [6.07, 6.45) is 4.28.